The van der Waals surface area contributed by atoms with Gasteiger partial charge >= 0.3 is 0 Å². The smallest absolute Gasteiger partial charge is 0.252 e. The van der Waals surface area contributed by atoms with Gasteiger partial charge in [0.05, 0.1) is 18.2 Å². The number of nitrogens with zero attached hydrogens (tertiary/aromatic N) is 3. The van der Waals surface area contributed by atoms with Gasteiger partial charge in [0.2, 0.25) is 5.82 Å². The van der Waals surface area contributed by atoms with Gasteiger partial charge in [-0.3, -0.25) is 4.79 Å². The molecule has 1 heterocycles. The van der Waals surface area contributed by atoms with Gasteiger partial charge in [-0.15, -0.1) is 10.2 Å². The molecular formula is C16H14FN5O2. The zero-order valence-electron chi connectivity index (χ0n) is 12.5. The maximum atomic E-state index is 13.0. The number of benzene rings is 2. The number of hydrogen-bond acceptors (Lipinski definition) is 5. The Balaban J connectivity index is 1.85. The molecule has 0 bridgehead atoms. The predicted octanol–water partition coefficient (Wildman–Crippen LogP) is 1.47. The van der Waals surface area contributed by atoms with Crippen molar-refractivity contribution < 1.29 is 14.3 Å². The summed E-state index contributed by atoms with van der Waals surface area (Å²) in [6.07, 6.45) is 0. The molecule has 2 aromatic carbocycles. The van der Waals surface area contributed by atoms with Crippen LogP contribution in [0.1, 0.15) is 22.0 Å². The molecule has 122 valence electrons. The van der Waals surface area contributed by atoms with Gasteiger partial charge in [0.25, 0.3) is 5.91 Å². The molecule has 7 nitrogen and oxygen atoms in total. The van der Waals surface area contributed by atoms with Crippen molar-refractivity contribution in [3.8, 4) is 11.4 Å². The zero-order valence-corrected chi connectivity index (χ0v) is 12.5. The average molecular weight is 327 g/mol. The van der Waals surface area contributed by atoms with Crippen molar-refractivity contribution in [3.05, 3.63) is 65.5 Å². The van der Waals surface area contributed by atoms with E-state index in [1.165, 1.54) is 24.3 Å². The Bertz CT molecular complexity index is 821. The van der Waals surface area contributed by atoms with Crippen molar-refractivity contribution in [2.75, 3.05) is 6.61 Å². The van der Waals surface area contributed by atoms with Gasteiger partial charge in [0.15, 0.2) is 0 Å². The predicted molar refractivity (Wildman–Crippen MR) is 83.3 cm³/mol. The third-order valence-electron chi connectivity index (χ3n) is 3.52. The van der Waals surface area contributed by atoms with Crippen LogP contribution in [-0.4, -0.2) is 38.2 Å². The summed E-state index contributed by atoms with van der Waals surface area (Å²) in [6, 6.07) is 11.7. The quantitative estimate of drug-likeness (QED) is 0.658. The van der Waals surface area contributed by atoms with Crippen LogP contribution in [-0.2, 0) is 0 Å². The Labute approximate surface area is 136 Å². The first kappa shape index (κ1) is 15.8. The summed E-state index contributed by atoms with van der Waals surface area (Å²) in [6.45, 7) is -0.318. The number of carbonyl (C=O) groups excluding carboxylic acids is 1. The molecule has 0 radical (unpaired) electrons. The highest BCUT2D eigenvalue weighted by Gasteiger charge is 2.19. The SMILES string of the molecule is O=C(N[C@H](CO)c1ccc(F)cc1)c1ccccc1-c1nn[nH]n1. The first-order valence-electron chi connectivity index (χ1n) is 7.19. The highest BCUT2D eigenvalue weighted by molar-refractivity contribution is 6.00. The summed E-state index contributed by atoms with van der Waals surface area (Å²) in [5, 5.41) is 25.9. The lowest BCUT2D eigenvalue weighted by molar-refractivity contribution is 0.0917. The average Bonchev–Trinajstić information content (AvgIpc) is 3.15. The summed E-state index contributed by atoms with van der Waals surface area (Å²) >= 11 is 0. The van der Waals surface area contributed by atoms with E-state index in [0.717, 1.165) is 0 Å². The zero-order chi connectivity index (χ0) is 16.9. The van der Waals surface area contributed by atoms with E-state index in [-0.39, 0.29) is 12.4 Å². The first-order valence-corrected chi connectivity index (χ1v) is 7.19. The number of aliphatic hydroxyl groups is 1. The largest absolute Gasteiger partial charge is 0.394 e. The van der Waals surface area contributed by atoms with Gasteiger partial charge in [-0.1, -0.05) is 30.3 Å². The molecule has 3 rings (SSSR count). The Morgan fingerprint density at radius 2 is 1.96 bits per heavy atom. The number of aliphatic hydroxyl groups excluding tert-OH is 1. The fourth-order valence-electron chi connectivity index (χ4n) is 2.32. The van der Waals surface area contributed by atoms with E-state index in [1.807, 2.05) is 0 Å². The van der Waals surface area contributed by atoms with Crippen LogP contribution in [0.4, 0.5) is 4.39 Å². The number of H-pyrrole nitrogens is 1. The Morgan fingerprint density at radius 3 is 2.62 bits per heavy atom. The molecule has 0 saturated carbocycles. The fourth-order valence-corrected chi connectivity index (χ4v) is 2.32. The maximum absolute atomic E-state index is 13.0. The minimum atomic E-state index is -0.656. The van der Waals surface area contributed by atoms with Crippen LogP contribution in [0, 0.1) is 5.82 Å². The van der Waals surface area contributed by atoms with Crippen molar-refractivity contribution in [1.29, 1.82) is 0 Å². The topological polar surface area (TPSA) is 104 Å². The van der Waals surface area contributed by atoms with Crippen LogP contribution in [0.3, 0.4) is 0 Å². The second kappa shape index (κ2) is 6.97. The second-order valence-corrected chi connectivity index (χ2v) is 5.04. The van der Waals surface area contributed by atoms with Crippen molar-refractivity contribution in [2.24, 2.45) is 0 Å². The van der Waals surface area contributed by atoms with Crippen LogP contribution >= 0.6 is 0 Å². The molecule has 0 aliphatic carbocycles. The van der Waals surface area contributed by atoms with Gasteiger partial charge in [-0.05, 0) is 29.0 Å². The molecule has 0 aliphatic rings. The van der Waals surface area contributed by atoms with Crippen LogP contribution in [0.5, 0.6) is 0 Å². The standard InChI is InChI=1S/C16H14FN5O2/c17-11-7-5-10(6-8-11)14(9-23)18-16(24)13-4-2-1-3-12(13)15-19-21-22-20-15/h1-8,14,23H,9H2,(H,18,24)(H,19,20,21,22)/t14-/m1/s1. The Kier molecular flexibility index (Phi) is 4.57. The number of tetrazole rings is 1. The van der Waals surface area contributed by atoms with E-state index in [4.69, 9.17) is 0 Å². The molecule has 1 aromatic heterocycles. The summed E-state index contributed by atoms with van der Waals surface area (Å²) in [5.74, 6) is -0.494. The van der Waals surface area contributed by atoms with E-state index in [1.54, 1.807) is 24.3 Å². The number of amides is 1. The molecule has 1 atom stereocenters. The third-order valence-corrected chi connectivity index (χ3v) is 3.52. The van der Waals surface area contributed by atoms with E-state index >= 15 is 0 Å². The molecule has 24 heavy (non-hydrogen) atoms. The highest BCUT2D eigenvalue weighted by Crippen LogP contribution is 2.20. The number of nitrogens with one attached hydrogen (secondary N) is 2. The van der Waals surface area contributed by atoms with Crippen LogP contribution in [0.15, 0.2) is 48.5 Å². The fraction of sp³-hybridized carbons (Fsp3) is 0.125. The van der Waals surface area contributed by atoms with Gasteiger partial charge in [0, 0.05) is 5.56 Å². The molecule has 1 amide bonds. The normalized spacial score (nSPS) is 11.9. The lowest BCUT2D eigenvalue weighted by Crippen LogP contribution is -2.31. The second-order valence-electron chi connectivity index (χ2n) is 5.04. The summed E-state index contributed by atoms with van der Waals surface area (Å²) < 4.78 is 13.0. The van der Waals surface area contributed by atoms with Gasteiger partial charge < -0.3 is 10.4 Å². The van der Waals surface area contributed by atoms with E-state index in [2.05, 4.69) is 25.9 Å². The summed E-state index contributed by atoms with van der Waals surface area (Å²) in [7, 11) is 0. The number of halogens is 1. The van der Waals surface area contributed by atoms with Crippen molar-refractivity contribution in [1.82, 2.24) is 25.9 Å². The Morgan fingerprint density at radius 1 is 1.21 bits per heavy atom. The van der Waals surface area contributed by atoms with Crippen LogP contribution in [0.25, 0.3) is 11.4 Å². The van der Waals surface area contributed by atoms with Crippen LogP contribution in [0.2, 0.25) is 0 Å². The van der Waals surface area contributed by atoms with Crippen molar-refractivity contribution >= 4 is 5.91 Å². The number of aromatic nitrogens is 4. The van der Waals surface area contributed by atoms with Crippen LogP contribution < -0.4 is 5.32 Å². The lowest BCUT2D eigenvalue weighted by Gasteiger charge is -2.17. The monoisotopic (exact) mass is 327 g/mol. The van der Waals surface area contributed by atoms with Crippen molar-refractivity contribution in [3.63, 3.8) is 0 Å². The minimum Gasteiger partial charge on any atom is -0.394 e. The number of rotatable bonds is 5. The number of aromatic amines is 1. The summed E-state index contributed by atoms with van der Waals surface area (Å²) in [5.41, 5.74) is 1.46. The molecule has 0 spiro atoms. The first-order chi connectivity index (χ1) is 11.7. The van der Waals surface area contributed by atoms with E-state index < -0.39 is 11.9 Å². The maximum Gasteiger partial charge on any atom is 0.252 e. The number of hydrogen-bond donors (Lipinski definition) is 3. The molecule has 0 unspecified atom stereocenters. The molecule has 0 fully saturated rings. The van der Waals surface area contributed by atoms with Crippen molar-refractivity contribution in [2.45, 2.75) is 6.04 Å². The minimum absolute atomic E-state index is 0.295. The molecule has 0 saturated heterocycles. The molecule has 3 N–H and O–H groups in total. The van der Waals surface area contributed by atoms with Gasteiger partial charge in [0.1, 0.15) is 5.82 Å². The molecule has 0 aliphatic heterocycles. The molecular weight excluding hydrogens is 313 g/mol. The van der Waals surface area contributed by atoms with Gasteiger partial charge in [-0.25, -0.2) is 4.39 Å². The van der Waals surface area contributed by atoms with E-state index in [9.17, 15) is 14.3 Å². The lowest BCUT2D eigenvalue weighted by atomic mass is 10.0. The Hall–Kier alpha value is -3.13. The summed E-state index contributed by atoms with van der Waals surface area (Å²) in [4.78, 5) is 12.6. The van der Waals surface area contributed by atoms with Gasteiger partial charge in [-0.2, -0.15) is 5.21 Å². The molecule has 8 heteroatoms. The van der Waals surface area contributed by atoms with E-state index in [0.29, 0.717) is 22.5 Å². The number of carbonyl (C=O) groups is 1. The highest BCUT2D eigenvalue weighted by atomic mass is 19.1. The third kappa shape index (κ3) is 3.28. The molecule has 3 aromatic rings.